The first-order valence-electron chi connectivity index (χ1n) is 8.67. The van der Waals surface area contributed by atoms with Crippen molar-refractivity contribution in [3.05, 3.63) is 72.1 Å². The number of aromatic nitrogens is 2. The van der Waals surface area contributed by atoms with Crippen molar-refractivity contribution in [2.24, 2.45) is 0 Å². The summed E-state index contributed by atoms with van der Waals surface area (Å²) < 4.78 is 11.3. The van der Waals surface area contributed by atoms with Gasteiger partial charge in [-0.15, -0.1) is 10.2 Å². The van der Waals surface area contributed by atoms with E-state index in [-0.39, 0.29) is 18.7 Å². The number of carbonyl (C=O) groups excluding carboxylic acids is 1. The number of amides is 1. The summed E-state index contributed by atoms with van der Waals surface area (Å²) in [7, 11) is 0. The third-order valence-corrected chi connectivity index (χ3v) is 4.44. The highest BCUT2D eigenvalue weighted by Crippen LogP contribution is 2.33. The van der Waals surface area contributed by atoms with Gasteiger partial charge in [-0.2, -0.15) is 0 Å². The minimum atomic E-state index is -0.351. The summed E-state index contributed by atoms with van der Waals surface area (Å²) in [5, 5.41) is 8.28. The van der Waals surface area contributed by atoms with E-state index in [0.717, 1.165) is 24.0 Å². The normalized spacial score (nSPS) is 16.6. The van der Waals surface area contributed by atoms with Gasteiger partial charge in [0.2, 0.25) is 11.8 Å². The number of nitrogens with zero attached hydrogens (tertiary/aromatic N) is 3. The lowest BCUT2D eigenvalue weighted by Crippen LogP contribution is -2.31. The van der Waals surface area contributed by atoms with Crippen LogP contribution in [0.5, 0.6) is 0 Å². The molecule has 6 nitrogen and oxygen atoms in total. The summed E-state index contributed by atoms with van der Waals surface area (Å²) in [4.78, 5) is 14.2. The van der Waals surface area contributed by atoms with Crippen molar-refractivity contribution in [3.8, 4) is 11.5 Å². The van der Waals surface area contributed by atoms with Crippen LogP contribution in [-0.4, -0.2) is 27.7 Å². The molecule has 0 aliphatic carbocycles. The zero-order chi connectivity index (χ0) is 17.8. The highest BCUT2D eigenvalue weighted by Gasteiger charge is 2.35. The predicted molar refractivity (Wildman–Crippen MR) is 95.0 cm³/mol. The fourth-order valence-corrected chi connectivity index (χ4v) is 3.11. The van der Waals surface area contributed by atoms with Gasteiger partial charge in [-0.05, 0) is 30.5 Å². The molecule has 1 aromatic heterocycles. The van der Waals surface area contributed by atoms with Gasteiger partial charge >= 0.3 is 6.09 Å². The smallest absolute Gasteiger partial charge is 0.410 e. The largest absolute Gasteiger partial charge is 0.445 e. The van der Waals surface area contributed by atoms with E-state index in [0.29, 0.717) is 18.3 Å². The van der Waals surface area contributed by atoms with E-state index in [1.807, 2.05) is 60.7 Å². The van der Waals surface area contributed by atoms with Crippen LogP contribution in [0, 0.1) is 0 Å². The van der Waals surface area contributed by atoms with Crippen LogP contribution in [-0.2, 0) is 11.3 Å². The number of benzene rings is 2. The van der Waals surface area contributed by atoms with Crippen LogP contribution < -0.4 is 0 Å². The first-order chi connectivity index (χ1) is 12.8. The third kappa shape index (κ3) is 3.44. The fraction of sp³-hybridized carbons (Fsp3) is 0.250. The highest BCUT2D eigenvalue weighted by atomic mass is 16.6. The second-order valence-electron chi connectivity index (χ2n) is 6.20. The molecule has 0 spiro atoms. The Labute approximate surface area is 151 Å². The molecule has 2 aromatic carbocycles. The molecular weight excluding hydrogens is 330 g/mol. The van der Waals surface area contributed by atoms with Crippen LogP contribution in [0.15, 0.2) is 65.1 Å². The molecule has 4 rings (SSSR count). The molecule has 0 radical (unpaired) electrons. The van der Waals surface area contributed by atoms with E-state index in [9.17, 15) is 4.79 Å². The van der Waals surface area contributed by atoms with Crippen molar-refractivity contribution in [2.75, 3.05) is 6.54 Å². The van der Waals surface area contributed by atoms with Crippen molar-refractivity contribution in [1.29, 1.82) is 0 Å². The average Bonchev–Trinajstić information content (AvgIpc) is 3.37. The molecule has 1 saturated heterocycles. The van der Waals surface area contributed by atoms with Gasteiger partial charge in [0.05, 0.1) is 0 Å². The first kappa shape index (κ1) is 16.3. The van der Waals surface area contributed by atoms with Crippen LogP contribution in [0.4, 0.5) is 4.79 Å². The number of hydrogen-bond donors (Lipinski definition) is 0. The van der Waals surface area contributed by atoms with Crippen molar-refractivity contribution in [1.82, 2.24) is 15.1 Å². The van der Waals surface area contributed by atoms with Gasteiger partial charge in [-0.25, -0.2) is 4.79 Å². The van der Waals surface area contributed by atoms with Crippen LogP contribution in [0.1, 0.15) is 30.3 Å². The Morgan fingerprint density at radius 1 is 1.08 bits per heavy atom. The quantitative estimate of drug-likeness (QED) is 0.706. The molecule has 0 bridgehead atoms. The SMILES string of the molecule is O=C(OCc1ccccc1)N1CCC[C@H]1c1nnc(-c2ccccc2)o1. The standard InChI is InChI=1S/C20H19N3O3/c24-20(25-14-15-8-3-1-4-9-15)23-13-7-12-17(23)19-22-21-18(26-19)16-10-5-2-6-11-16/h1-6,8-11,17H,7,12-14H2/t17-/m0/s1. The summed E-state index contributed by atoms with van der Waals surface area (Å²) in [5.74, 6) is 0.920. The molecule has 26 heavy (non-hydrogen) atoms. The summed E-state index contributed by atoms with van der Waals surface area (Å²) >= 11 is 0. The van der Waals surface area contributed by atoms with E-state index in [2.05, 4.69) is 10.2 Å². The van der Waals surface area contributed by atoms with Crippen LogP contribution in [0.25, 0.3) is 11.5 Å². The molecule has 3 aromatic rings. The van der Waals surface area contributed by atoms with E-state index in [1.54, 1.807) is 4.90 Å². The van der Waals surface area contributed by atoms with Crippen LogP contribution >= 0.6 is 0 Å². The van der Waals surface area contributed by atoms with Gasteiger partial charge in [0.15, 0.2) is 0 Å². The summed E-state index contributed by atoms with van der Waals surface area (Å²) in [6.07, 6.45) is 1.32. The Morgan fingerprint density at radius 2 is 1.81 bits per heavy atom. The third-order valence-electron chi connectivity index (χ3n) is 4.44. The number of hydrogen-bond acceptors (Lipinski definition) is 5. The van der Waals surface area contributed by atoms with Gasteiger partial charge in [0.25, 0.3) is 0 Å². The van der Waals surface area contributed by atoms with Crippen LogP contribution in [0.3, 0.4) is 0 Å². The lowest BCUT2D eigenvalue weighted by Gasteiger charge is -2.21. The molecule has 1 fully saturated rings. The summed E-state index contributed by atoms with van der Waals surface area (Å²) in [5.41, 5.74) is 1.82. The molecule has 0 unspecified atom stereocenters. The zero-order valence-corrected chi connectivity index (χ0v) is 14.2. The fourth-order valence-electron chi connectivity index (χ4n) is 3.11. The van der Waals surface area contributed by atoms with Crippen molar-refractivity contribution < 1.29 is 13.9 Å². The maximum Gasteiger partial charge on any atom is 0.410 e. The molecule has 1 amide bonds. The predicted octanol–water partition coefficient (Wildman–Crippen LogP) is 4.21. The molecule has 1 aliphatic heterocycles. The average molecular weight is 349 g/mol. The van der Waals surface area contributed by atoms with Gasteiger partial charge in [0.1, 0.15) is 12.6 Å². The summed E-state index contributed by atoms with van der Waals surface area (Å²) in [6, 6.07) is 19.0. The molecule has 132 valence electrons. The highest BCUT2D eigenvalue weighted by molar-refractivity contribution is 5.68. The van der Waals surface area contributed by atoms with Gasteiger partial charge in [-0.1, -0.05) is 48.5 Å². The van der Waals surface area contributed by atoms with Crippen molar-refractivity contribution >= 4 is 6.09 Å². The Balaban J connectivity index is 1.45. The topological polar surface area (TPSA) is 68.5 Å². The van der Waals surface area contributed by atoms with Gasteiger partial charge < -0.3 is 9.15 Å². The first-order valence-corrected chi connectivity index (χ1v) is 8.67. The number of ether oxygens (including phenoxy) is 1. The minimum absolute atomic E-state index is 0.233. The number of likely N-dealkylation sites (tertiary alicyclic amines) is 1. The van der Waals surface area contributed by atoms with E-state index >= 15 is 0 Å². The Bertz CT molecular complexity index is 864. The maximum absolute atomic E-state index is 12.5. The number of rotatable bonds is 4. The second kappa shape index (κ2) is 7.39. The van der Waals surface area contributed by atoms with Gasteiger partial charge in [-0.3, -0.25) is 4.90 Å². The minimum Gasteiger partial charge on any atom is -0.445 e. The second-order valence-corrected chi connectivity index (χ2v) is 6.20. The molecular formula is C20H19N3O3. The molecule has 1 atom stereocenters. The van der Waals surface area contributed by atoms with Crippen molar-refractivity contribution in [3.63, 3.8) is 0 Å². The molecule has 0 N–H and O–H groups in total. The molecule has 0 saturated carbocycles. The van der Waals surface area contributed by atoms with Gasteiger partial charge in [0, 0.05) is 12.1 Å². The number of carbonyl (C=O) groups is 1. The Hall–Kier alpha value is -3.15. The lowest BCUT2D eigenvalue weighted by molar-refractivity contribution is 0.0879. The van der Waals surface area contributed by atoms with E-state index in [1.165, 1.54) is 0 Å². The van der Waals surface area contributed by atoms with E-state index in [4.69, 9.17) is 9.15 Å². The van der Waals surface area contributed by atoms with Crippen molar-refractivity contribution in [2.45, 2.75) is 25.5 Å². The van der Waals surface area contributed by atoms with Crippen LogP contribution in [0.2, 0.25) is 0 Å². The Kier molecular flexibility index (Phi) is 4.64. The van der Waals surface area contributed by atoms with E-state index < -0.39 is 0 Å². The molecule has 6 heteroatoms. The zero-order valence-electron chi connectivity index (χ0n) is 14.2. The lowest BCUT2D eigenvalue weighted by atomic mass is 10.2. The summed E-state index contributed by atoms with van der Waals surface area (Å²) in [6.45, 7) is 0.878. The monoisotopic (exact) mass is 349 g/mol. The molecule has 1 aliphatic rings. The Morgan fingerprint density at radius 3 is 2.58 bits per heavy atom. The maximum atomic E-state index is 12.5. The molecule has 2 heterocycles.